The number of hydrogen-bond donors (Lipinski definition) is 1. The number of rotatable bonds is 4. The Morgan fingerprint density at radius 1 is 1.31 bits per heavy atom. The summed E-state index contributed by atoms with van der Waals surface area (Å²) in [6, 6.07) is 0. The van der Waals surface area contributed by atoms with Crippen LogP contribution < -0.4 is 5.32 Å². The first kappa shape index (κ1) is 11.0. The van der Waals surface area contributed by atoms with Gasteiger partial charge in [-0.2, -0.15) is 0 Å². The SMILES string of the molecule is CCCNCC1COC(C)(C)OC1. The molecule has 3 nitrogen and oxygen atoms in total. The molecule has 1 aliphatic heterocycles. The quantitative estimate of drug-likeness (QED) is 0.675. The van der Waals surface area contributed by atoms with Gasteiger partial charge in [-0.3, -0.25) is 0 Å². The molecule has 0 radical (unpaired) electrons. The van der Waals surface area contributed by atoms with Gasteiger partial charge >= 0.3 is 0 Å². The van der Waals surface area contributed by atoms with Crippen LogP contribution in [0.2, 0.25) is 0 Å². The van der Waals surface area contributed by atoms with Crippen molar-refractivity contribution in [2.75, 3.05) is 26.3 Å². The normalized spacial score (nSPS) is 23.3. The second-order valence-electron chi connectivity index (χ2n) is 4.09. The van der Waals surface area contributed by atoms with E-state index in [9.17, 15) is 0 Å². The van der Waals surface area contributed by atoms with E-state index >= 15 is 0 Å². The number of ether oxygens (including phenoxy) is 2. The van der Waals surface area contributed by atoms with Gasteiger partial charge in [0.25, 0.3) is 0 Å². The van der Waals surface area contributed by atoms with Gasteiger partial charge in [0.2, 0.25) is 0 Å². The Labute approximate surface area is 80.8 Å². The molecule has 78 valence electrons. The molecule has 0 aromatic carbocycles. The van der Waals surface area contributed by atoms with Crippen molar-refractivity contribution in [3.8, 4) is 0 Å². The lowest BCUT2D eigenvalue weighted by Gasteiger charge is -2.35. The molecule has 13 heavy (non-hydrogen) atoms. The summed E-state index contributed by atoms with van der Waals surface area (Å²) in [5.74, 6) is 0.140. The fourth-order valence-electron chi connectivity index (χ4n) is 1.33. The molecule has 1 aliphatic rings. The van der Waals surface area contributed by atoms with Crippen LogP contribution in [0.3, 0.4) is 0 Å². The molecular weight excluding hydrogens is 166 g/mol. The van der Waals surface area contributed by atoms with E-state index in [-0.39, 0.29) is 5.79 Å². The Balaban J connectivity index is 2.11. The highest BCUT2D eigenvalue weighted by Crippen LogP contribution is 2.19. The Bertz CT molecular complexity index is 138. The van der Waals surface area contributed by atoms with Gasteiger partial charge in [-0.15, -0.1) is 0 Å². The molecule has 1 rings (SSSR count). The highest BCUT2D eigenvalue weighted by atomic mass is 16.7. The minimum Gasteiger partial charge on any atom is -0.350 e. The second-order valence-corrected chi connectivity index (χ2v) is 4.09. The molecule has 1 saturated heterocycles. The summed E-state index contributed by atoms with van der Waals surface area (Å²) in [4.78, 5) is 0. The van der Waals surface area contributed by atoms with E-state index in [1.165, 1.54) is 6.42 Å². The summed E-state index contributed by atoms with van der Waals surface area (Å²) in [5, 5.41) is 3.37. The third-order valence-electron chi connectivity index (χ3n) is 2.19. The van der Waals surface area contributed by atoms with Gasteiger partial charge in [-0.25, -0.2) is 0 Å². The van der Waals surface area contributed by atoms with Crippen molar-refractivity contribution in [2.24, 2.45) is 5.92 Å². The van der Waals surface area contributed by atoms with Gasteiger partial charge in [0, 0.05) is 12.5 Å². The van der Waals surface area contributed by atoms with E-state index in [1.807, 2.05) is 13.8 Å². The van der Waals surface area contributed by atoms with Gasteiger partial charge in [-0.05, 0) is 26.8 Å². The average molecular weight is 187 g/mol. The number of nitrogens with one attached hydrogen (secondary N) is 1. The Morgan fingerprint density at radius 2 is 1.92 bits per heavy atom. The molecule has 0 aromatic heterocycles. The Morgan fingerprint density at radius 3 is 2.46 bits per heavy atom. The van der Waals surface area contributed by atoms with Crippen LogP contribution in [-0.2, 0) is 9.47 Å². The fraction of sp³-hybridized carbons (Fsp3) is 1.00. The maximum absolute atomic E-state index is 5.55. The first-order valence-corrected chi connectivity index (χ1v) is 5.12. The maximum Gasteiger partial charge on any atom is 0.162 e. The van der Waals surface area contributed by atoms with Crippen molar-refractivity contribution in [1.82, 2.24) is 5.32 Å². The smallest absolute Gasteiger partial charge is 0.162 e. The predicted molar refractivity (Wildman–Crippen MR) is 52.6 cm³/mol. The lowest BCUT2D eigenvalue weighted by atomic mass is 10.1. The Hall–Kier alpha value is -0.120. The van der Waals surface area contributed by atoms with Gasteiger partial charge < -0.3 is 14.8 Å². The van der Waals surface area contributed by atoms with E-state index in [2.05, 4.69) is 12.2 Å². The van der Waals surface area contributed by atoms with E-state index in [0.29, 0.717) is 5.92 Å². The van der Waals surface area contributed by atoms with Crippen molar-refractivity contribution >= 4 is 0 Å². The van der Waals surface area contributed by atoms with Crippen molar-refractivity contribution in [1.29, 1.82) is 0 Å². The fourth-order valence-corrected chi connectivity index (χ4v) is 1.33. The van der Waals surface area contributed by atoms with Crippen LogP contribution in [0.1, 0.15) is 27.2 Å². The van der Waals surface area contributed by atoms with Gasteiger partial charge in [0.05, 0.1) is 13.2 Å². The summed E-state index contributed by atoms with van der Waals surface area (Å²) >= 11 is 0. The molecule has 1 fully saturated rings. The minimum atomic E-state index is -0.374. The molecular formula is C10H21NO2. The van der Waals surface area contributed by atoms with Crippen molar-refractivity contribution in [2.45, 2.75) is 33.0 Å². The summed E-state index contributed by atoms with van der Waals surface area (Å²) in [6.45, 7) is 9.80. The van der Waals surface area contributed by atoms with Crippen LogP contribution in [-0.4, -0.2) is 32.1 Å². The molecule has 0 aromatic rings. The van der Waals surface area contributed by atoms with Gasteiger partial charge in [0.15, 0.2) is 5.79 Å². The maximum atomic E-state index is 5.55. The molecule has 3 heteroatoms. The topological polar surface area (TPSA) is 30.5 Å². The Kier molecular flexibility index (Phi) is 4.16. The molecule has 0 amide bonds. The lowest BCUT2D eigenvalue weighted by Crippen LogP contribution is -2.42. The van der Waals surface area contributed by atoms with Gasteiger partial charge in [-0.1, -0.05) is 6.92 Å². The monoisotopic (exact) mass is 187 g/mol. The minimum absolute atomic E-state index is 0.374. The first-order valence-electron chi connectivity index (χ1n) is 5.12. The first-order chi connectivity index (χ1) is 6.14. The van der Waals surface area contributed by atoms with Crippen molar-refractivity contribution < 1.29 is 9.47 Å². The zero-order valence-corrected chi connectivity index (χ0v) is 8.93. The van der Waals surface area contributed by atoms with E-state index in [0.717, 1.165) is 26.3 Å². The van der Waals surface area contributed by atoms with Crippen LogP contribution in [0.25, 0.3) is 0 Å². The lowest BCUT2D eigenvalue weighted by molar-refractivity contribution is -0.261. The van der Waals surface area contributed by atoms with Crippen LogP contribution in [0.5, 0.6) is 0 Å². The molecule has 1 N–H and O–H groups in total. The highest BCUT2D eigenvalue weighted by Gasteiger charge is 2.27. The molecule has 0 spiro atoms. The van der Waals surface area contributed by atoms with Crippen LogP contribution >= 0.6 is 0 Å². The van der Waals surface area contributed by atoms with Crippen LogP contribution in [0, 0.1) is 5.92 Å². The van der Waals surface area contributed by atoms with E-state index in [4.69, 9.17) is 9.47 Å². The number of hydrogen-bond acceptors (Lipinski definition) is 3. The summed E-state index contributed by atoms with van der Waals surface area (Å²) < 4.78 is 11.1. The molecule has 0 atom stereocenters. The van der Waals surface area contributed by atoms with Crippen molar-refractivity contribution in [3.63, 3.8) is 0 Å². The standard InChI is InChI=1S/C10H21NO2/c1-4-5-11-6-9-7-12-10(2,3)13-8-9/h9,11H,4-8H2,1-3H3. The van der Waals surface area contributed by atoms with E-state index in [1.54, 1.807) is 0 Å². The largest absolute Gasteiger partial charge is 0.350 e. The third kappa shape index (κ3) is 4.07. The predicted octanol–water partition coefficient (Wildman–Crippen LogP) is 1.39. The van der Waals surface area contributed by atoms with Crippen molar-refractivity contribution in [3.05, 3.63) is 0 Å². The zero-order valence-electron chi connectivity index (χ0n) is 8.93. The van der Waals surface area contributed by atoms with Crippen LogP contribution in [0.15, 0.2) is 0 Å². The van der Waals surface area contributed by atoms with Crippen LogP contribution in [0.4, 0.5) is 0 Å². The van der Waals surface area contributed by atoms with E-state index < -0.39 is 0 Å². The summed E-state index contributed by atoms with van der Waals surface area (Å²) in [6.07, 6.45) is 1.18. The molecule has 0 aliphatic carbocycles. The highest BCUT2D eigenvalue weighted by molar-refractivity contribution is 4.69. The third-order valence-corrected chi connectivity index (χ3v) is 2.19. The van der Waals surface area contributed by atoms with Gasteiger partial charge in [0.1, 0.15) is 0 Å². The summed E-state index contributed by atoms with van der Waals surface area (Å²) in [5.41, 5.74) is 0. The summed E-state index contributed by atoms with van der Waals surface area (Å²) in [7, 11) is 0. The second kappa shape index (κ2) is 4.94. The molecule has 0 bridgehead atoms. The molecule has 1 heterocycles. The molecule has 0 unspecified atom stereocenters. The zero-order chi connectivity index (χ0) is 9.73. The molecule has 0 saturated carbocycles. The average Bonchev–Trinajstić information content (AvgIpc) is 2.08.